The Morgan fingerprint density at radius 3 is 2.34 bits per heavy atom. The van der Waals surface area contributed by atoms with Crippen molar-refractivity contribution in [2.45, 2.75) is 33.1 Å². The highest BCUT2D eigenvalue weighted by Crippen LogP contribution is 2.19. The van der Waals surface area contributed by atoms with E-state index >= 15 is 0 Å². The number of hydrogen-bond donors (Lipinski definition) is 3. The van der Waals surface area contributed by atoms with Crippen molar-refractivity contribution < 1.29 is 29.7 Å². The summed E-state index contributed by atoms with van der Waals surface area (Å²) in [4.78, 5) is 20.7. The van der Waals surface area contributed by atoms with Crippen LogP contribution in [0.1, 0.15) is 38.7 Å². The number of hydrogen-bond acceptors (Lipinski definition) is 6. The number of rotatable bonds is 8. The second-order valence-corrected chi connectivity index (χ2v) is 6.60. The van der Waals surface area contributed by atoms with Gasteiger partial charge >= 0.3 is 11.9 Å². The third-order valence-electron chi connectivity index (χ3n) is 4.36. The zero-order valence-electron chi connectivity index (χ0n) is 17.0. The first kappa shape index (κ1) is 24.2. The first-order valence-electron chi connectivity index (χ1n) is 9.70. The highest BCUT2D eigenvalue weighted by molar-refractivity contribution is 6.27. The summed E-state index contributed by atoms with van der Waals surface area (Å²) >= 11 is 0. The predicted octanol–water partition coefficient (Wildman–Crippen LogP) is 3.10. The third-order valence-corrected chi connectivity index (χ3v) is 4.36. The monoisotopic (exact) mass is 406 g/mol. The fourth-order valence-corrected chi connectivity index (χ4v) is 3.04. The first-order valence-corrected chi connectivity index (χ1v) is 9.70. The van der Waals surface area contributed by atoms with Crippen LogP contribution in [0.5, 0.6) is 5.75 Å². The molecule has 1 aliphatic heterocycles. The lowest BCUT2D eigenvalue weighted by Crippen LogP contribution is -2.33. The van der Waals surface area contributed by atoms with Crippen LogP contribution in [0, 0.1) is 5.92 Å². The first-order chi connectivity index (χ1) is 13.9. The summed E-state index contributed by atoms with van der Waals surface area (Å²) in [6.45, 7) is 8.16. The second kappa shape index (κ2) is 13.3. The SMILES string of the molecule is CCCN1CC=CC(CCC(=NO)c2ccc(OCC)cc2)C1.O=C(O)C(=O)O. The zero-order chi connectivity index (χ0) is 21.6. The Labute approximate surface area is 171 Å². The van der Waals surface area contributed by atoms with Crippen LogP contribution in [-0.4, -0.2) is 64.2 Å². The van der Waals surface area contributed by atoms with Gasteiger partial charge in [-0.2, -0.15) is 0 Å². The molecule has 1 unspecified atom stereocenters. The average Bonchev–Trinajstić information content (AvgIpc) is 2.71. The third kappa shape index (κ3) is 9.25. The van der Waals surface area contributed by atoms with E-state index in [4.69, 9.17) is 24.5 Å². The van der Waals surface area contributed by atoms with Crippen LogP contribution in [0.25, 0.3) is 0 Å². The Morgan fingerprint density at radius 2 is 1.83 bits per heavy atom. The molecule has 0 saturated carbocycles. The summed E-state index contributed by atoms with van der Waals surface area (Å²) in [7, 11) is 0. The maximum absolute atomic E-state index is 9.35. The van der Waals surface area contributed by atoms with Crippen molar-refractivity contribution >= 4 is 17.7 Å². The molecule has 0 aromatic heterocycles. The lowest BCUT2D eigenvalue weighted by molar-refractivity contribution is -0.159. The molecule has 0 bridgehead atoms. The van der Waals surface area contributed by atoms with Crippen molar-refractivity contribution in [1.82, 2.24) is 4.90 Å². The molecule has 8 nitrogen and oxygen atoms in total. The molecule has 0 radical (unpaired) electrons. The van der Waals surface area contributed by atoms with Gasteiger partial charge in [0.05, 0.1) is 12.3 Å². The molecule has 1 heterocycles. The van der Waals surface area contributed by atoms with Crippen LogP contribution in [0.4, 0.5) is 0 Å². The van der Waals surface area contributed by atoms with Crippen molar-refractivity contribution in [3.63, 3.8) is 0 Å². The smallest absolute Gasteiger partial charge is 0.414 e. The Hall–Kier alpha value is -2.87. The number of oxime groups is 1. The molecule has 3 N–H and O–H groups in total. The molecule has 2 rings (SSSR count). The van der Waals surface area contributed by atoms with Gasteiger partial charge in [-0.1, -0.05) is 24.2 Å². The fourth-order valence-electron chi connectivity index (χ4n) is 3.04. The van der Waals surface area contributed by atoms with Gasteiger partial charge < -0.3 is 20.2 Å². The van der Waals surface area contributed by atoms with E-state index in [1.807, 2.05) is 31.2 Å². The number of nitrogens with zero attached hydrogens (tertiary/aromatic N) is 2. The molecule has 1 aliphatic rings. The number of carboxylic acid groups (broad SMARTS) is 2. The van der Waals surface area contributed by atoms with Crippen LogP contribution in [0.15, 0.2) is 41.6 Å². The Balaban J connectivity index is 0.000000612. The van der Waals surface area contributed by atoms with E-state index in [1.54, 1.807) is 0 Å². The molecule has 0 aliphatic carbocycles. The molecular formula is C21H30N2O6. The standard InChI is InChI=1S/C19H28N2O2.C2H2O4/c1-3-13-21-14-5-6-16(15-21)7-12-19(20-22)17-8-10-18(11-9-17)23-4-2;3-1(4)2(5)6/h5-6,8-11,16,22H,3-4,7,12-15H2,1-2H3;(H,3,4)(H,5,6). The molecule has 29 heavy (non-hydrogen) atoms. The molecule has 1 atom stereocenters. The maximum Gasteiger partial charge on any atom is 0.414 e. The maximum atomic E-state index is 9.35. The van der Waals surface area contributed by atoms with E-state index in [9.17, 15) is 5.21 Å². The molecule has 0 amide bonds. The molecule has 0 fully saturated rings. The minimum Gasteiger partial charge on any atom is -0.494 e. The van der Waals surface area contributed by atoms with E-state index in [0.717, 1.165) is 49.5 Å². The van der Waals surface area contributed by atoms with E-state index < -0.39 is 11.9 Å². The van der Waals surface area contributed by atoms with Gasteiger partial charge in [0.25, 0.3) is 0 Å². The summed E-state index contributed by atoms with van der Waals surface area (Å²) in [5.74, 6) is -2.27. The number of carbonyl (C=O) groups is 2. The highest BCUT2D eigenvalue weighted by Gasteiger charge is 2.16. The molecule has 160 valence electrons. The zero-order valence-corrected chi connectivity index (χ0v) is 17.0. The van der Waals surface area contributed by atoms with Gasteiger partial charge in [-0.3, -0.25) is 4.90 Å². The van der Waals surface area contributed by atoms with Crippen LogP contribution in [0.3, 0.4) is 0 Å². The summed E-state index contributed by atoms with van der Waals surface area (Å²) in [5.41, 5.74) is 1.70. The van der Waals surface area contributed by atoms with Crippen LogP contribution in [-0.2, 0) is 9.59 Å². The summed E-state index contributed by atoms with van der Waals surface area (Å²) < 4.78 is 5.45. The van der Waals surface area contributed by atoms with Crippen LogP contribution >= 0.6 is 0 Å². The molecule has 8 heteroatoms. The molecule has 0 saturated heterocycles. The largest absolute Gasteiger partial charge is 0.494 e. The van der Waals surface area contributed by atoms with Gasteiger partial charge in [-0.15, -0.1) is 0 Å². The summed E-state index contributed by atoms with van der Waals surface area (Å²) in [5, 5.41) is 27.6. The van der Waals surface area contributed by atoms with Gasteiger partial charge in [-0.05, 0) is 68.5 Å². The Morgan fingerprint density at radius 1 is 1.17 bits per heavy atom. The quantitative estimate of drug-likeness (QED) is 0.199. The van der Waals surface area contributed by atoms with Crippen molar-refractivity contribution in [1.29, 1.82) is 0 Å². The number of carboxylic acids is 2. The Kier molecular flexibility index (Phi) is 11.1. The topological polar surface area (TPSA) is 120 Å². The van der Waals surface area contributed by atoms with Crippen LogP contribution < -0.4 is 4.74 Å². The van der Waals surface area contributed by atoms with E-state index in [-0.39, 0.29) is 0 Å². The van der Waals surface area contributed by atoms with E-state index in [2.05, 4.69) is 29.1 Å². The van der Waals surface area contributed by atoms with Crippen LogP contribution in [0.2, 0.25) is 0 Å². The van der Waals surface area contributed by atoms with Gasteiger partial charge in [0.15, 0.2) is 0 Å². The van der Waals surface area contributed by atoms with E-state index in [1.165, 1.54) is 6.42 Å². The highest BCUT2D eigenvalue weighted by atomic mass is 16.5. The lowest BCUT2D eigenvalue weighted by atomic mass is 9.95. The van der Waals surface area contributed by atoms with Crippen molar-refractivity contribution in [2.75, 3.05) is 26.2 Å². The summed E-state index contributed by atoms with van der Waals surface area (Å²) in [6.07, 6.45) is 7.54. The fraction of sp³-hybridized carbons (Fsp3) is 0.476. The van der Waals surface area contributed by atoms with Crippen molar-refractivity contribution in [3.8, 4) is 5.75 Å². The summed E-state index contributed by atoms with van der Waals surface area (Å²) in [6, 6.07) is 7.77. The predicted molar refractivity (Wildman–Crippen MR) is 110 cm³/mol. The van der Waals surface area contributed by atoms with Gasteiger partial charge in [-0.25, -0.2) is 9.59 Å². The van der Waals surface area contributed by atoms with E-state index in [0.29, 0.717) is 12.5 Å². The minimum atomic E-state index is -1.82. The molecule has 0 spiro atoms. The Bertz CT molecular complexity index is 688. The van der Waals surface area contributed by atoms with Gasteiger partial charge in [0.2, 0.25) is 0 Å². The van der Waals surface area contributed by atoms with Gasteiger partial charge in [0.1, 0.15) is 5.75 Å². The molecule has 1 aromatic carbocycles. The molecule has 1 aromatic rings. The average molecular weight is 406 g/mol. The number of aliphatic carboxylic acids is 2. The van der Waals surface area contributed by atoms with Crippen molar-refractivity contribution in [2.24, 2.45) is 11.1 Å². The van der Waals surface area contributed by atoms with Gasteiger partial charge in [0, 0.05) is 13.1 Å². The lowest BCUT2D eigenvalue weighted by Gasteiger charge is -2.28. The number of ether oxygens (including phenoxy) is 1. The van der Waals surface area contributed by atoms with Crippen molar-refractivity contribution in [3.05, 3.63) is 42.0 Å². The number of benzene rings is 1. The normalized spacial score (nSPS) is 16.6. The second-order valence-electron chi connectivity index (χ2n) is 6.60. The minimum absolute atomic E-state index is 0.537. The molecular weight excluding hydrogens is 376 g/mol.